The van der Waals surface area contributed by atoms with E-state index in [4.69, 9.17) is 0 Å². The average Bonchev–Trinajstić information content (AvgIpc) is 3.11. The highest BCUT2D eigenvalue weighted by atomic mass is 16.2. The Labute approximate surface area is 159 Å². The summed E-state index contributed by atoms with van der Waals surface area (Å²) in [6, 6.07) is 11.6. The topological polar surface area (TPSA) is 81.3 Å². The van der Waals surface area contributed by atoms with E-state index in [2.05, 4.69) is 20.4 Å². The first-order chi connectivity index (χ1) is 12.8. The van der Waals surface area contributed by atoms with Gasteiger partial charge < -0.3 is 10.2 Å². The maximum Gasteiger partial charge on any atom is 0.271 e. The number of benzene rings is 1. The van der Waals surface area contributed by atoms with Crippen LogP contribution >= 0.6 is 0 Å². The number of nitrogens with one attached hydrogen (secondary N) is 2. The molecule has 0 bridgehead atoms. The molecule has 0 spiro atoms. The summed E-state index contributed by atoms with van der Waals surface area (Å²) in [7, 11) is 0. The minimum Gasteiger partial charge on any atom is -0.350 e. The molecule has 2 N–H and O–H groups in total. The zero-order valence-electron chi connectivity index (χ0n) is 16.2. The van der Waals surface area contributed by atoms with E-state index < -0.39 is 0 Å². The molecular weight excluding hydrogens is 342 g/mol. The molecular formula is C20H27N5O2. The van der Waals surface area contributed by atoms with Crippen LogP contribution < -0.4 is 5.32 Å². The maximum absolute atomic E-state index is 12.7. The van der Waals surface area contributed by atoms with Crippen LogP contribution in [0.5, 0.6) is 0 Å². The molecule has 1 aliphatic rings. The fourth-order valence-corrected chi connectivity index (χ4v) is 3.13. The van der Waals surface area contributed by atoms with Gasteiger partial charge in [0.2, 0.25) is 5.91 Å². The van der Waals surface area contributed by atoms with E-state index >= 15 is 0 Å². The van der Waals surface area contributed by atoms with Gasteiger partial charge in [-0.2, -0.15) is 5.10 Å². The lowest BCUT2D eigenvalue weighted by Gasteiger charge is -2.34. The number of piperazine rings is 1. The van der Waals surface area contributed by atoms with Gasteiger partial charge in [-0.05, 0) is 26.8 Å². The first kappa shape index (κ1) is 19.1. The van der Waals surface area contributed by atoms with E-state index in [0.29, 0.717) is 38.4 Å². The van der Waals surface area contributed by atoms with Crippen molar-refractivity contribution in [2.75, 3.05) is 32.7 Å². The fraction of sp³-hybridized carbons (Fsp3) is 0.450. The number of rotatable bonds is 4. The maximum atomic E-state index is 12.7. The summed E-state index contributed by atoms with van der Waals surface area (Å²) in [5.74, 6) is -0.0354. The van der Waals surface area contributed by atoms with Crippen LogP contribution in [0, 0.1) is 0 Å². The Morgan fingerprint density at radius 3 is 2.41 bits per heavy atom. The van der Waals surface area contributed by atoms with Crippen LogP contribution in [0.4, 0.5) is 0 Å². The second kappa shape index (κ2) is 7.92. The van der Waals surface area contributed by atoms with Crippen molar-refractivity contribution in [1.82, 2.24) is 25.3 Å². The number of hydrogen-bond donors (Lipinski definition) is 2. The molecule has 1 aromatic carbocycles. The standard InChI is InChI=1S/C20H27N5O2/c1-20(2,3)21-18(26)14-24-9-11-25(12-10-24)19(27)17-13-16(22-23-17)15-7-5-4-6-8-15/h4-8,13H,9-12,14H2,1-3H3,(H,21,26)(H,22,23). The van der Waals surface area contributed by atoms with Crippen LogP contribution in [0.15, 0.2) is 36.4 Å². The number of carbonyl (C=O) groups excluding carboxylic acids is 2. The van der Waals surface area contributed by atoms with Gasteiger partial charge in [0, 0.05) is 37.3 Å². The second-order valence-electron chi connectivity index (χ2n) is 7.90. The molecule has 0 unspecified atom stereocenters. The normalized spacial score (nSPS) is 15.6. The van der Waals surface area contributed by atoms with E-state index in [1.165, 1.54) is 0 Å². The van der Waals surface area contributed by atoms with Gasteiger partial charge in [-0.25, -0.2) is 0 Å². The molecule has 144 valence electrons. The molecule has 0 atom stereocenters. The molecule has 0 saturated carbocycles. The lowest BCUT2D eigenvalue weighted by molar-refractivity contribution is -0.124. The third-order valence-electron chi connectivity index (χ3n) is 4.42. The van der Waals surface area contributed by atoms with Crippen molar-refractivity contribution < 1.29 is 9.59 Å². The zero-order valence-corrected chi connectivity index (χ0v) is 16.2. The lowest BCUT2D eigenvalue weighted by atomic mass is 10.1. The molecule has 7 heteroatoms. The van der Waals surface area contributed by atoms with Crippen LogP contribution in [0.3, 0.4) is 0 Å². The van der Waals surface area contributed by atoms with Gasteiger partial charge in [0.25, 0.3) is 5.91 Å². The number of amides is 2. The summed E-state index contributed by atoms with van der Waals surface area (Å²) in [5.41, 5.74) is 2.00. The van der Waals surface area contributed by atoms with Crippen molar-refractivity contribution in [3.05, 3.63) is 42.1 Å². The van der Waals surface area contributed by atoms with Crippen LogP contribution in [-0.4, -0.2) is 70.1 Å². The number of aromatic amines is 1. The number of aromatic nitrogens is 2. The van der Waals surface area contributed by atoms with Crippen LogP contribution in [0.25, 0.3) is 11.3 Å². The van der Waals surface area contributed by atoms with Crippen LogP contribution in [0.2, 0.25) is 0 Å². The zero-order chi connectivity index (χ0) is 19.4. The molecule has 1 saturated heterocycles. The molecule has 0 radical (unpaired) electrons. The average molecular weight is 369 g/mol. The Morgan fingerprint density at radius 1 is 1.11 bits per heavy atom. The smallest absolute Gasteiger partial charge is 0.271 e. The van der Waals surface area contributed by atoms with E-state index in [9.17, 15) is 9.59 Å². The highest BCUT2D eigenvalue weighted by molar-refractivity contribution is 5.93. The van der Waals surface area contributed by atoms with E-state index in [-0.39, 0.29) is 17.4 Å². The summed E-state index contributed by atoms with van der Waals surface area (Å²) in [4.78, 5) is 28.7. The summed E-state index contributed by atoms with van der Waals surface area (Å²) in [6.07, 6.45) is 0. The fourth-order valence-electron chi connectivity index (χ4n) is 3.13. The summed E-state index contributed by atoms with van der Waals surface area (Å²) in [6.45, 7) is 8.83. The van der Waals surface area contributed by atoms with E-state index in [1.54, 1.807) is 11.0 Å². The van der Waals surface area contributed by atoms with Crippen molar-refractivity contribution in [2.24, 2.45) is 0 Å². The van der Waals surface area contributed by atoms with E-state index in [0.717, 1.165) is 11.3 Å². The Hall–Kier alpha value is -2.67. The predicted molar refractivity (Wildman–Crippen MR) is 104 cm³/mol. The SMILES string of the molecule is CC(C)(C)NC(=O)CN1CCN(C(=O)c2cc(-c3ccccc3)n[nH]2)CC1. The third kappa shape index (κ3) is 5.17. The van der Waals surface area contributed by atoms with Gasteiger partial charge in [-0.1, -0.05) is 30.3 Å². The molecule has 2 heterocycles. The Bertz CT molecular complexity index is 786. The number of H-pyrrole nitrogens is 1. The molecule has 7 nitrogen and oxygen atoms in total. The van der Waals surface area contributed by atoms with Crippen LogP contribution in [0.1, 0.15) is 31.3 Å². The number of carbonyl (C=O) groups is 2. The molecule has 27 heavy (non-hydrogen) atoms. The van der Waals surface area contributed by atoms with Gasteiger partial charge in [0.15, 0.2) is 0 Å². The van der Waals surface area contributed by atoms with Gasteiger partial charge >= 0.3 is 0 Å². The Kier molecular flexibility index (Phi) is 5.60. The van der Waals surface area contributed by atoms with E-state index in [1.807, 2.05) is 51.1 Å². The molecule has 3 rings (SSSR count). The monoisotopic (exact) mass is 369 g/mol. The summed E-state index contributed by atoms with van der Waals surface area (Å²) in [5, 5.41) is 10.1. The Balaban J connectivity index is 1.53. The van der Waals surface area contributed by atoms with Gasteiger partial charge in [0.1, 0.15) is 5.69 Å². The van der Waals surface area contributed by atoms with Crippen molar-refractivity contribution >= 4 is 11.8 Å². The number of hydrogen-bond acceptors (Lipinski definition) is 4. The first-order valence-corrected chi connectivity index (χ1v) is 9.25. The number of nitrogens with zero attached hydrogens (tertiary/aromatic N) is 3. The van der Waals surface area contributed by atoms with Crippen molar-refractivity contribution in [3.8, 4) is 11.3 Å². The molecule has 2 amide bonds. The van der Waals surface area contributed by atoms with Crippen LogP contribution in [-0.2, 0) is 4.79 Å². The van der Waals surface area contributed by atoms with Gasteiger partial charge in [-0.3, -0.25) is 19.6 Å². The molecule has 1 aromatic heterocycles. The quantitative estimate of drug-likeness (QED) is 0.860. The summed E-state index contributed by atoms with van der Waals surface area (Å²) < 4.78 is 0. The largest absolute Gasteiger partial charge is 0.350 e. The highest BCUT2D eigenvalue weighted by Crippen LogP contribution is 2.18. The highest BCUT2D eigenvalue weighted by Gasteiger charge is 2.25. The minimum absolute atomic E-state index is 0.0170. The Morgan fingerprint density at radius 2 is 1.78 bits per heavy atom. The van der Waals surface area contributed by atoms with Crippen molar-refractivity contribution in [2.45, 2.75) is 26.3 Å². The summed E-state index contributed by atoms with van der Waals surface area (Å²) >= 11 is 0. The predicted octanol–water partition coefficient (Wildman–Crippen LogP) is 1.75. The molecule has 1 fully saturated rings. The lowest BCUT2D eigenvalue weighted by Crippen LogP contribution is -2.52. The van der Waals surface area contributed by atoms with Gasteiger partial charge in [0.05, 0.1) is 12.2 Å². The van der Waals surface area contributed by atoms with Crippen molar-refractivity contribution in [1.29, 1.82) is 0 Å². The molecule has 2 aromatic rings. The third-order valence-corrected chi connectivity index (χ3v) is 4.42. The second-order valence-corrected chi connectivity index (χ2v) is 7.90. The van der Waals surface area contributed by atoms with Crippen molar-refractivity contribution in [3.63, 3.8) is 0 Å². The minimum atomic E-state index is -0.230. The molecule has 0 aliphatic carbocycles. The first-order valence-electron chi connectivity index (χ1n) is 9.25. The molecule has 1 aliphatic heterocycles. The van der Waals surface area contributed by atoms with Gasteiger partial charge in [-0.15, -0.1) is 0 Å².